The first-order chi connectivity index (χ1) is 10.1. The summed E-state index contributed by atoms with van der Waals surface area (Å²) >= 11 is 7.06. The second-order valence-corrected chi connectivity index (χ2v) is 6.69. The third-order valence-corrected chi connectivity index (χ3v) is 4.53. The number of ether oxygens (including phenoxy) is 1. The molecule has 0 bridgehead atoms. The Morgan fingerprint density at radius 2 is 2.33 bits per heavy atom. The lowest BCUT2D eigenvalue weighted by Crippen LogP contribution is -2.38. The summed E-state index contributed by atoms with van der Waals surface area (Å²) in [4.78, 5) is 26.0. The Balaban J connectivity index is 1.77. The van der Waals surface area contributed by atoms with Gasteiger partial charge in [-0.15, -0.1) is 11.3 Å². The van der Waals surface area contributed by atoms with E-state index in [4.69, 9.17) is 16.3 Å². The van der Waals surface area contributed by atoms with E-state index in [1.165, 1.54) is 11.3 Å². The number of hydrogen-bond acceptors (Lipinski definition) is 4. The molecule has 0 saturated carbocycles. The maximum Gasteiger partial charge on any atom is 0.409 e. The summed E-state index contributed by atoms with van der Waals surface area (Å²) in [5, 5.41) is 2.92. The molecule has 0 radical (unpaired) electrons. The molecule has 2 amide bonds. The Morgan fingerprint density at radius 3 is 3.00 bits per heavy atom. The van der Waals surface area contributed by atoms with Gasteiger partial charge >= 0.3 is 6.09 Å². The highest BCUT2D eigenvalue weighted by Crippen LogP contribution is 2.21. The van der Waals surface area contributed by atoms with Gasteiger partial charge < -0.3 is 15.0 Å². The first-order valence-corrected chi connectivity index (χ1v) is 8.27. The Kier molecular flexibility index (Phi) is 5.87. The van der Waals surface area contributed by atoms with E-state index in [0.717, 1.165) is 19.3 Å². The maximum absolute atomic E-state index is 12.0. The molecule has 5 nitrogen and oxygen atoms in total. The van der Waals surface area contributed by atoms with Gasteiger partial charge in [-0.3, -0.25) is 4.79 Å². The van der Waals surface area contributed by atoms with Gasteiger partial charge in [0.05, 0.1) is 15.8 Å². The molecule has 1 aliphatic rings. The number of rotatable bonds is 5. The van der Waals surface area contributed by atoms with E-state index in [2.05, 4.69) is 5.32 Å². The topological polar surface area (TPSA) is 58.6 Å². The first kappa shape index (κ1) is 16.1. The molecule has 1 fully saturated rings. The number of hydrogen-bond donors (Lipinski definition) is 1. The lowest BCUT2D eigenvalue weighted by molar-refractivity contribution is 0.0930. The van der Waals surface area contributed by atoms with E-state index in [-0.39, 0.29) is 18.0 Å². The van der Waals surface area contributed by atoms with E-state index in [1.54, 1.807) is 17.0 Å². The van der Waals surface area contributed by atoms with E-state index in [9.17, 15) is 9.59 Å². The second-order valence-electron chi connectivity index (χ2n) is 4.98. The minimum Gasteiger partial charge on any atom is -0.449 e. The maximum atomic E-state index is 12.0. The van der Waals surface area contributed by atoms with Crippen LogP contribution >= 0.6 is 22.9 Å². The number of nitrogens with one attached hydrogen (secondary N) is 1. The van der Waals surface area contributed by atoms with Gasteiger partial charge in [-0.05, 0) is 25.0 Å². The summed E-state index contributed by atoms with van der Waals surface area (Å²) in [6.07, 6.45) is 2.32. The molecule has 1 aromatic heterocycles. The molecule has 0 aromatic carbocycles. The van der Waals surface area contributed by atoms with Crippen molar-refractivity contribution in [2.24, 2.45) is 0 Å². The molecule has 1 aromatic rings. The largest absolute Gasteiger partial charge is 0.449 e. The number of likely N-dealkylation sites (tertiary alicyclic amines) is 1. The van der Waals surface area contributed by atoms with Crippen LogP contribution in [0.2, 0.25) is 4.34 Å². The fraction of sp³-hybridized carbons (Fsp3) is 0.571. The van der Waals surface area contributed by atoms with Crippen LogP contribution in [0.5, 0.6) is 0 Å². The summed E-state index contributed by atoms with van der Waals surface area (Å²) in [5.41, 5.74) is 0. The van der Waals surface area contributed by atoms with E-state index >= 15 is 0 Å². The molecule has 21 heavy (non-hydrogen) atoms. The minimum atomic E-state index is -0.292. The van der Waals surface area contributed by atoms with Gasteiger partial charge in [0.25, 0.3) is 5.91 Å². The summed E-state index contributed by atoms with van der Waals surface area (Å²) in [6.45, 7) is 3.61. The number of nitrogens with zero attached hydrogens (tertiary/aromatic N) is 1. The molecule has 1 N–H and O–H groups in total. The van der Waals surface area contributed by atoms with Crippen molar-refractivity contribution < 1.29 is 14.3 Å². The first-order valence-electron chi connectivity index (χ1n) is 7.08. The minimum absolute atomic E-state index is 0.0305. The van der Waals surface area contributed by atoms with Crippen molar-refractivity contribution in [2.45, 2.75) is 32.2 Å². The number of unbranched alkanes of at least 4 members (excludes halogenated alkanes) is 1. The van der Waals surface area contributed by atoms with Crippen molar-refractivity contribution in [2.75, 3.05) is 19.7 Å². The predicted octanol–water partition coefficient (Wildman–Crippen LogP) is 3.14. The van der Waals surface area contributed by atoms with E-state index in [0.29, 0.717) is 28.9 Å². The smallest absolute Gasteiger partial charge is 0.409 e. The molecule has 1 aliphatic heterocycles. The van der Waals surface area contributed by atoms with Crippen LogP contribution < -0.4 is 5.32 Å². The number of carbonyl (C=O) groups excluding carboxylic acids is 2. The summed E-state index contributed by atoms with van der Waals surface area (Å²) < 4.78 is 5.76. The summed E-state index contributed by atoms with van der Waals surface area (Å²) in [7, 11) is 0. The quantitative estimate of drug-likeness (QED) is 0.844. The van der Waals surface area contributed by atoms with Crippen molar-refractivity contribution >= 4 is 34.9 Å². The molecule has 116 valence electrons. The third kappa shape index (κ3) is 4.61. The number of carbonyl (C=O) groups is 2. The second kappa shape index (κ2) is 7.66. The van der Waals surface area contributed by atoms with Gasteiger partial charge in [-0.25, -0.2) is 4.79 Å². The van der Waals surface area contributed by atoms with Gasteiger partial charge in [0.15, 0.2) is 0 Å². The highest BCUT2D eigenvalue weighted by molar-refractivity contribution is 7.17. The normalized spacial score (nSPS) is 17.8. The van der Waals surface area contributed by atoms with Crippen molar-refractivity contribution in [3.05, 3.63) is 21.3 Å². The average Bonchev–Trinajstić information content (AvgIpc) is 3.08. The van der Waals surface area contributed by atoms with Crippen molar-refractivity contribution in [3.8, 4) is 0 Å². The Hall–Kier alpha value is -1.27. The summed E-state index contributed by atoms with van der Waals surface area (Å²) in [5.74, 6) is -0.141. The average molecular weight is 331 g/mol. The molecule has 2 heterocycles. The lowest BCUT2D eigenvalue weighted by Gasteiger charge is -2.16. The van der Waals surface area contributed by atoms with Crippen molar-refractivity contribution in [1.82, 2.24) is 10.2 Å². The zero-order valence-corrected chi connectivity index (χ0v) is 13.5. The molecule has 1 saturated heterocycles. The molecule has 1 atom stereocenters. The van der Waals surface area contributed by atoms with Crippen molar-refractivity contribution in [3.63, 3.8) is 0 Å². The molecule has 0 spiro atoms. The van der Waals surface area contributed by atoms with Crippen LogP contribution in [0, 0.1) is 0 Å². The molecule has 1 unspecified atom stereocenters. The van der Waals surface area contributed by atoms with Crippen LogP contribution in [0.4, 0.5) is 4.79 Å². The number of amides is 2. The molecular formula is C14H19ClN2O3S. The van der Waals surface area contributed by atoms with Crippen LogP contribution in [0.1, 0.15) is 35.9 Å². The predicted molar refractivity (Wildman–Crippen MR) is 83.0 cm³/mol. The van der Waals surface area contributed by atoms with E-state index < -0.39 is 0 Å². The zero-order valence-electron chi connectivity index (χ0n) is 11.9. The fourth-order valence-corrected chi connectivity index (χ4v) is 3.08. The summed E-state index contributed by atoms with van der Waals surface area (Å²) in [6, 6.07) is 3.37. The lowest BCUT2D eigenvalue weighted by atomic mass is 10.2. The van der Waals surface area contributed by atoms with Crippen LogP contribution in [0.15, 0.2) is 12.1 Å². The van der Waals surface area contributed by atoms with E-state index in [1.807, 2.05) is 6.92 Å². The monoisotopic (exact) mass is 330 g/mol. The fourth-order valence-electron chi connectivity index (χ4n) is 2.13. The van der Waals surface area contributed by atoms with Crippen molar-refractivity contribution in [1.29, 1.82) is 0 Å². The molecule has 0 aliphatic carbocycles. The molecule has 7 heteroatoms. The van der Waals surface area contributed by atoms with Gasteiger partial charge in [0.1, 0.15) is 0 Å². The molecular weight excluding hydrogens is 312 g/mol. The highest BCUT2D eigenvalue weighted by atomic mass is 35.5. The van der Waals surface area contributed by atoms with Gasteiger partial charge in [-0.2, -0.15) is 0 Å². The van der Waals surface area contributed by atoms with Crippen LogP contribution in [-0.4, -0.2) is 42.6 Å². The van der Waals surface area contributed by atoms with Crippen LogP contribution in [0.3, 0.4) is 0 Å². The number of thiophene rings is 1. The third-order valence-electron chi connectivity index (χ3n) is 3.30. The van der Waals surface area contributed by atoms with Gasteiger partial charge in [0, 0.05) is 19.1 Å². The standard InChI is InChI=1S/C14H19ClN2O3S/c1-2-3-8-20-14(19)17-7-6-10(9-17)16-13(18)11-4-5-12(15)21-11/h4-5,10H,2-3,6-9H2,1H3,(H,16,18). The van der Waals surface area contributed by atoms with Crippen LogP contribution in [-0.2, 0) is 4.74 Å². The van der Waals surface area contributed by atoms with Gasteiger partial charge in [0.2, 0.25) is 0 Å². The number of halogens is 1. The zero-order chi connectivity index (χ0) is 15.2. The SMILES string of the molecule is CCCCOC(=O)N1CCC(NC(=O)c2ccc(Cl)s2)C1. The Bertz CT molecular complexity index is 506. The Morgan fingerprint density at radius 1 is 1.52 bits per heavy atom. The molecule has 2 rings (SSSR count). The Labute approximate surface area is 133 Å². The van der Waals surface area contributed by atoms with Crippen LogP contribution in [0.25, 0.3) is 0 Å². The van der Waals surface area contributed by atoms with Gasteiger partial charge in [-0.1, -0.05) is 24.9 Å². The highest BCUT2D eigenvalue weighted by Gasteiger charge is 2.28.